The molecule has 0 heterocycles. The van der Waals surface area contributed by atoms with E-state index in [1.807, 2.05) is 0 Å². The summed E-state index contributed by atoms with van der Waals surface area (Å²) in [4.78, 5) is 10.3. The molecule has 0 aliphatic carbocycles. The van der Waals surface area contributed by atoms with E-state index in [4.69, 9.17) is 0 Å². The first-order valence-corrected chi connectivity index (χ1v) is 8.71. The summed E-state index contributed by atoms with van der Waals surface area (Å²) in [6, 6.07) is 11.2. The number of sulfone groups is 1. The Kier molecular flexibility index (Phi) is 5.76. The molecule has 2 aromatic rings. The molecule has 0 spiro atoms. The highest BCUT2D eigenvalue weighted by Crippen LogP contribution is 2.34. The summed E-state index contributed by atoms with van der Waals surface area (Å²) >= 11 is 0. The minimum Gasteiger partial charge on any atom is -0.453 e. The number of alkyl halides is 3. The molecule has 0 fully saturated rings. The van der Waals surface area contributed by atoms with Crippen LogP contribution in [0.25, 0.3) is 0 Å². The molecular weight excluding hydrogens is 373 g/mol. The van der Waals surface area contributed by atoms with Crippen LogP contribution in [0.4, 0.5) is 29.3 Å². The van der Waals surface area contributed by atoms with Crippen LogP contribution in [-0.4, -0.2) is 27.1 Å². The summed E-state index contributed by atoms with van der Waals surface area (Å²) in [6.07, 6.45) is -0.637. The maximum Gasteiger partial charge on any atom is 0.501 e. The minimum absolute atomic E-state index is 0.0862. The molecule has 2 aromatic carbocycles. The molecule has 0 saturated heterocycles. The van der Waals surface area contributed by atoms with Gasteiger partial charge in [-0.3, -0.25) is 5.32 Å². The predicted molar refractivity (Wildman–Crippen MR) is 89.5 cm³/mol. The molecule has 0 aliphatic rings. The molecule has 2 N–H and O–H groups in total. The number of hydrogen-bond acceptors (Lipinski definition) is 5. The van der Waals surface area contributed by atoms with E-state index in [2.05, 4.69) is 15.4 Å². The zero-order chi connectivity index (χ0) is 19.4. The van der Waals surface area contributed by atoms with Crippen LogP contribution in [0.5, 0.6) is 0 Å². The van der Waals surface area contributed by atoms with Gasteiger partial charge in [-0.1, -0.05) is 24.3 Å². The number of hydrogen-bond donors (Lipinski definition) is 2. The molecule has 0 radical (unpaired) electrons. The van der Waals surface area contributed by atoms with E-state index < -0.39 is 26.3 Å². The maximum atomic E-state index is 12.8. The quantitative estimate of drug-likeness (QED) is 0.815. The van der Waals surface area contributed by atoms with Crippen LogP contribution in [-0.2, 0) is 21.1 Å². The van der Waals surface area contributed by atoms with E-state index in [-0.39, 0.29) is 12.2 Å². The zero-order valence-corrected chi connectivity index (χ0v) is 14.3. The molecule has 140 valence electrons. The number of nitrogens with one attached hydrogen (secondary N) is 2. The van der Waals surface area contributed by atoms with Crippen molar-refractivity contribution in [2.45, 2.75) is 16.9 Å². The van der Waals surface area contributed by atoms with E-state index in [9.17, 15) is 26.4 Å². The summed E-state index contributed by atoms with van der Waals surface area (Å²) in [5.41, 5.74) is -4.40. The second kappa shape index (κ2) is 7.65. The Bertz CT molecular complexity index is 881. The van der Waals surface area contributed by atoms with Gasteiger partial charge in [0.2, 0.25) is 0 Å². The molecule has 26 heavy (non-hydrogen) atoms. The number of para-hydroxylation sites is 1. The lowest BCUT2D eigenvalue weighted by Crippen LogP contribution is -2.24. The van der Waals surface area contributed by atoms with Gasteiger partial charge in [-0.05, 0) is 29.8 Å². The lowest BCUT2D eigenvalue weighted by atomic mass is 10.2. The Balaban J connectivity index is 2.15. The van der Waals surface area contributed by atoms with E-state index in [0.717, 1.165) is 6.07 Å². The molecule has 0 unspecified atom stereocenters. The summed E-state index contributed by atoms with van der Waals surface area (Å²) < 4.78 is 66.1. The number of benzene rings is 2. The second-order valence-corrected chi connectivity index (χ2v) is 7.02. The molecule has 2 rings (SSSR count). The van der Waals surface area contributed by atoms with Crippen LogP contribution in [0.3, 0.4) is 0 Å². The monoisotopic (exact) mass is 388 g/mol. The highest BCUT2D eigenvalue weighted by atomic mass is 32.2. The van der Waals surface area contributed by atoms with Crippen molar-refractivity contribution in [3.63, 3.8) is 0 Å². The highest BCUT2D eigenvalue weighted by molar-refractivity contribution is 7.92. The van der Waals surface area contributed by atoms with Crippen molar-refractivity contribution in [3.05, 3.63) is 54.1 Å². The Hall–Kier alpha value is -2.75. The lowest BCUT2D eigenvalue weighted by Gasteiger charge is -2.14. The van der Waals surface area contributed by atoms with Crippen molar-refractivity contribution in [2.75, 3.05) is 17.7 Å². The smallest absolute Gasteiger partial charge is 0.453 e. The molecule has 10 heteroatoms. The fraction of sp³-hybridized carbons (Fsp3) is 0.188. The number of rotatable bonds is 5. The van der Waals surface area contributed by atoms with E-state index in [1.165, 1.54) is 25.3 Å². The van der Waals surface area contributed by atoms with Crippen LogP contribution in [0.15, 0.2) is 53.4 Å². The lowest BCUT2D eigenvalue weighted by molar-refractivity contribution is -0.0435. The molecule has 0 aliphatic heterocycles. The van der Waals surface area contributed by atoms with E-state index in [0.29, 0.717) is 11.3 Å². The predicted octanol–water partition coefficient (Wildman–Crippen LogP) is 3.77. The second-order valence-electron chi connectivity index (χ2n) is 5.11. The van der Waals surface area contributed by atoms with Crippen LogP contribution in [0.1, 0.15) is 5.56 Å². The summed E-state index contributed by atoms with van der Waals surface area (Å²) in [7, 11) is -4.24. The molecular formula is C16H15F3N2O4S. The summed E-state index contributed by atoms with van der Waals surface area (Å²) in [5.74, 6) is 0. The molecule has 0 bridgehead atoms. The normalized spacial score (nSPS) is 11.7. The van der Waals surface area contributed by atoms with Gasteiger partial charge < -0.3 is 10.1 Å². The third kappa shape index (κ3) is 4.45. The molecule has 0 aromatic heterocycles. The van der Waals surface area contributed by atoms with Gasteiger partial charge in [0.15, 0.2) is 0 Å². The Labute approximate surface area is 147 Å². The van der Waals surface area contributed by atoms with Gasteiger partial charge >= 0.3 is 11.6 Å². The molecule has 1 amide bonds. The summed E-state index contributed by atoms with van der Waals surface area (Å²) in [5, 5.41) is 5.14. The van der Waals surface area contributed by atoms with Gasteiger partial charge in [-0.2, -0.15) is 13.2 Å². The Morgan fingerprint density at radius 1 is 1.08 bits per heavy atom. The largest absolute Gasteiger partial charge is 0.501 e. The highest BCUT2D eigenvalue weighted by Gasteiger charge is 2.47. The average Bonchev–Trinajstić information content (AvgIpc) is 2.60. The van der Waals surface area contributed by atoms with Crippen LogP contribution < -0.4 is 10.6 Å². The van der Waals surface area contributed by atoms with Crippen LogP contribution in [0.2, 0.25) is 0 Å². The van der Waals surface area contributed by atoms with Crippen molar-refractivity contribution in [3.8, 4) is 0 Å². The number of halogens is 3. The molecule has 6 nitrogen and oxygen atoms in total. The zero-order valence-electron chi connectivity index (χ0n) is 13.5. The van der Waals surface area contributed by atoms with Gasteiger partial charge in [0, 0.05) is 12.2 Å². The minimum atomic E-state index is -5.46. The Morgan fingerprint density at radius 3 is 2.27 bits per heavy atom. The first-order valence-electron chi connectivity index (χ1n) is 7.23. The fourth-order valence-electron chi connectivity index (χ4n) is 2.04. The SMILES string of the molecule is COC(=O)Nc1ccc(CNc2ccccc2S(=O)(=O)C(F)(F)F)cc1. The van der Waals surface area contributed by atoms with Crippen molar-refractivity contribution in [1.82, 2.24) is 0 Å². The van der Waals surface area contributed by atoms with Gasteiger partial charge in [0.1, 0.15) is 0 Å². The number of amides is 1. The van der Waals surface area contributed by atoms with Crippen molar-refractivity contribution in [1.29, 1.82) is 0 Å². The van der Waals surface area contributed by atoms with E-state index in [1.54, 1.807) is 24.3 Å². The molecule has 0 saturated carbocycles. The van der Waals surface area contributed by atoms with Crippen molar-refractivity contribution < 1.29 is 31.1 Å². The third-order valence-corrected chi connectivity index (χ3v) is 4.89. The summed E-state index contributed by atoms with van der Waals surface area (Å²) in [6.45, 7) is 0.0862. The number of methoxy groups -OCH3 is 1. The van der Waals surface area contributed by atoms with Gasteiger partial charge in [0.05, 0.1) is 17.7 Å². The first kappa shape index (κ1) is 19.6. The van der Waals surface area contributed by atoms with Gasteiger partial charge in [-0.15, -0.1) is 0 Å². The first-order chi connectivity index (χ1) is 12.1. The average molecular weight is 388 g/mol. The Morgan fingerprint density at radius 2 is 1.69 bits per heavy atom. The number of carbonyl (C=O) groups excluding carboxylic acids is 1. The third-order valence-electron chi connectivity index (χ3n) is 3.35. The maximum absolute atomic E-state index is 12.8. The van der Waals surface area contributed by atoms with Crippen LogP contribution in [0, 0.1) is 0 Å². The van der Waals surface area contributed by atoms with Gasteiger partial charge in [-0.25, -0.2) is 13.2 Å². The molecule has 0 atom stereocenters. The number of anilines is 2. The van der Waals surface area contributed by atoms with Crippen LogP contribution >= 0.6 is 0 Å². The standard InChI is InChI=1S/C16H15F3N2O4S/c1-25-15(22)21-12-8-6-11(7-9-12)10-20-13-4-2-3-5-14(13)26(23,24)16(17,18)19/h2-9,20H,10H2,1H3,(H,21,22). The fourth-order valence-corrected chi connectivity index (χ4v) is 2.98. The number of carbonyl (C=O) groups is 1. The topological polar surface area (TPSA) is 84.5 Å². The van der Waals surface area contributed by atoms with E-state index >= 15 is 0 Å². The van der Waals surface area contributed by atoms with Gasteiger partial charge in [0.25, 0.3) is 9.84 Å². The number of ether oxygens (including phenoxy) is 1. The van der Waals surface area contributed by atoms with Crippen molar-refractivity contribution in [2.24, 2.45) is 0 Å². The van der Waals surface area contributed by atoms with Crippen molar-refractivity contribution >= 4 is 27.3 Å².